The topological polar surface area (TPSA) is 24.5 Å². The summed E-state index contributed by atoms with van der Waals surface area (Å²) >= 11 is 0. The van der Waals surface area contributed by atoms with Gasteiger partial charge in [0.1, 0.15) is 5.75 Å². The molecule has 3 nitrogen and oxygen atoms in total. The number of nitrogens with zero attached hydrogens (tertiary/aromatic N) is 1. The molecule has 18 heavy (non-hydrogen) atoms. The second-order valence-electron chi connectivity index (χ2n) is 5.74. The van der Waals surface area contributed by atoms with Gasteiger partial charge in [-0.2, -0.15) is 0 Å². The molecule has 0 amide bonds. The number of hydrogen-bond donors (Lipinski definition) is 1. The van der Waals surface area contributed by atoms with E-state index >= 15 is 0 Å². The summed E-state index contributed by atoms with van der Waals surface area (Å²) in [7, 11) is 1.73. The van der Waals surface area contributed by atoms with Gasteiger partial charge in [-0.25, -0.2) is 0 Å². The standard InChI is InChI=1S/C15H22N2O/c1-15(12-6-7-12)11-17(9-8-16-15)13-4-3-5-14(10-13)18-2/h3-5,10,12,16H,6-9,11H2,1-2H3. The Morgan fingerprint density at radius 1 is 1.39 bits per heavy atom. The number of methoxy groups -OCH3 is 1. The van der Waals surface area contributed by atoms with Gasteiger partial charge >= 0.3 is 0 Å². The van der Waals surface area contributed by atoms with Crippen molar-refractivity contribution in [3.63, 3.8) is 0 Å². The highest BCUT2D eigenvalue weighted by atomic mass is 16.5. The van der Waals surface area contributed by atoms with Crippen LogP contribution < -0.4 is 15.0 Å². The molecule has 2 fully saturated rings. The molecule has 1 saturated heterocycles. The lowest BCUT2D eigenvalue weighted by atomic mass is 9.92. The minimum absolute atomic E-state index is 0.293. The van der Waals surface area contributed by atoms with Gasteiger partial charge in [0, 0.05) is 36.9 Å². The average Bonchev–Trinajstić information content (AvgIpc) is 3.24. The molecular weight excluding hydrogens is 224 g/mol. The van der Waals surface area contributed by atoms with Gasteiger partial charge in [0.15, 0.2) is 0 Å². The van der Waals surface area contributed by atoms with E-state index in [1.807, 2.05) is 6.07 Å². The van der Waals surface area contributed by atoms with Crippen LogP contribution in [0.4, 0.5) is 5.69 Å². The predicted molar refractivity (Wildman–Crippen MR) is 74.3 cm³/mol. The van der Waals surface area contributed by atoms with Gasteiger partial charge in [0.05, 0.1) is 7.11 Å². The SMILES string of the molecule is COc1cccc(N2CCNC(C)(C3CC3)C2)c1. The number of rotatable bonds is 3. The molecule has 1 atom stereocenters. The Hall–Kier alpha value is -1.22. The molecule has 1 heterocycles. The quantitative estimate of drug-likeness (QED) is 0.885. The van der Waals surface area contributed by atoms with Gasteiger partial charge in [0.25, 0.3) is 0 Å². The Balaban J connectivity index is 1.78. The maximum atomic E-state index is 5.32. The normalized spacial score (nSPS) is 28.2. The van der Waals surface area contributed by atoms with Gasteiger partial charge in [-0.1, -0.05) is 6.07 Å². The van der Waals surface area contributed by atoms with Crippen molar-refractivity contribution in [2.24, 2.45) is 5.92 Å². The third kappa shape index (κ3) is 2.19. The first kappa shape index (κ1) is 11.8. The zero-order valence-corrected chi connectivity index (χ0v) is 11.3. The number of anilines is 1. The minimum atomic E-state index is 0.293. The molecule has 3 heteroatoms. The molecule has 1 aliphatic carbocycles. The first-order chi connectivity index (χ1) is 8.71. The third-order valence-electron chi connectivity index (χ3n) is 4.33. The van der Waals surface area contributed by atoms with E-state index in [1.165, 1.54) is 18.5 Å². The Bertz CT molecular complexity index is 430. The predicted octanol–water partition coefficient (Wildman–Crippen LogP) is 2.27. The molecule has 0 radical (unpaired) electrons. The first-order valence-corrected chi connectivity index (χ1v) is 6.85. The van der Waals surface area contributed by atoms with Crippen LogP contribution in [0.3, 0.4) is 0 Å². The van der Waals surface area contributed by atoms with Crippen molar-refractivity contribution in [2.75, 3.05) is 31.6 Å². The minimum Gasteiger partial charge on any atom is -0.497 e. The van der Waals surface area contributed by atoms with Crippen LogP contribution in [0, 0.1) is 5.92 Å². The van der Waals surface area contributed by atoms with Crippen molar-refractivity contribution in [3.8, 4) is 5.75 Å². The van der Waals surface area contributed by atoms with Gasteiger partial charge < -0.3 is 15.0 Å². The molecule has 3 rings (SSSR count). The average molecular weight is 246 g/mol. The van der Waals surface area contributed by atoms with Gasteiger partial charge in [-0.15, -0.1) is 0 Å². The summed E-state index contributed by atoms with van der Waals surface area (Å²) in [4.78, 5) is 2.48. The van der Waals surface area contributed by atoms with Crippen LogP contribution in [0.1, 0.15) is 19.8 Å². The monoisotopic (exact) mass is 246 g/mol. The zero-order valence-electron chi connectivity index (χ0n) is 11.3. The number of benzene rings is 1. The molecule has 1 saturated carbocycles. The smallest absolute Gasteiger partial charge is 0.120 e. The summed E-state index contributed by atoms with van der Waals surface area (Å²) in [5.74, 6) is 1.81. The summed E-state index contributed by atoms with van der Waals surface area (Å²) in [5, 5.41) is 3.71. The molecular formula is C15H22N2O. The van der Waals surface area contributed by atoms with E-state index in [0.717, 1.165) is 31.3 Å². The summed E-state index contributed by atoms with van der Waals surface area (Å²) in [6, 6.07) is 8.40. The van der Waals surface area contributed by atoms with Crippen LogP contribution in [-0.2, 0) is 0 Å². The lowest BCUT2D eigenvalue weighted by Crippen LogP contribution is -2.60. The maximum absolute atomic E-state index is 5.32. The van der Waals surface area contributed by atoms with Crippen molar-refractivity contribution in [1.82, 2.24) is 5.32 Å². The second-order valence-corrected chi connectivity index (χ2v) is 5.74. The van der Waals surface area contributed by atoms with E-state index in [4.69, 9.17) is 4.74 Å². The van der Waals surface area contributed by atoms with E-state index in [1.54, 1.807) is 7.11 Å². The Kier molecular flexibility index (Phi) is 2.94. The zero-order chi connectivity index (χ0) is 12.6. The van der Waals surface area contributed by atoms with Crippen LogP contribution in [0.25, 0.3) is 0 Å². The van der Waals surface area contributed by atoms with Crippen LogP contribution in [0.15, 0.2) is 24.3 Å². The number of ether oxygens (including phenoxy) is 1. The summed E-state index contributed by atoms with van der Waals surface area (Å²) in [6.07, 6.45) is 2.77. The fraction of sp³-hybridized carbons (Fsp3) is 0.600. The van der Waals surface area contributed by atoms with Crippen LogP contribution in [0.2, 0.25) is 0 Å². The molecule has 1 N–H and O–H groups in total. The fourth-order valence-corrected chi connectivity index (χ4v) is 3.03. The first-order valence-electron chi connectivity index (χ1n) is 6.85. The largest absolute Gasteiger partial charge is 0.497 e. The Labute approximate surface area is 109 Å². The van der Waals surface area contributed by atoms with Gasteiger partial charge in [-0.05, 0) is 37.8 Å². The van der Waals surface area contributed by atoms with Crippen molar-refractivity contribution in [3.05, 3.63) is 24.3 Å². The Morgan fingerprint density at radius 3 is 2.94 bits per heavy atom. The van der Waals surface area contributed by atoms with Crippen molar-refractivity contribution in [1.29, 1.82) is 0 Å². The molecule has 98 valence electrons. The maximum Gasteiger partial charge on any atom is 0.120 e. The molecule has 0 spiro atoms. The summed E-state index contributed by atoms with van der Waals surface area (Å²) < 4.78 is 5.32. The molecule has 2 aliphatic rings. The highest BCUT2D eigenvalue weighted by molar-refractivity contribution is 5.51. The van der Waals surface area contributed by atoms with Crippen LogP contribution in [0.5, 0.6) is 5.75 Å². The Morgan fingerprint density at radius 2 is 2.22 bits per heavy atom. The molecule has 1 unspecified atom stereocenters. The van der Waals surface area contributed by atoms with E-state index in [2.05, 4.69) is 35.3 Å². The summed E-state index contributed by atoms with van der Waals surface area (Å²) in [5.41, 5.74) is 1.57. The van der Waals surface area contributed by atoms with Gasteiger partial charge in [-0.3, -0.25) is 0 Å². The van der Waals surface area contributed by atoms with E-state index in [9.17, 15) is 0 Å². The molecule has 0 bridgehead atoms. The lowest BCUT2D eigenvalue weighted by molar-refractivity contribution is 0.285. The van der Waals surface area contributed by atoms with Crippen LogP contribution in [-0.4, -0.2) is 32.3 Å². The number of hydrogen-bond acceptors (Lipinski definition) is 3. The number of piperazine rings is 1. The van der Waals surface area contributed by atoms with Gasteiger partial charge in [0.2, 0.25) is 0 Å². The lowest BCUT2D eigenvalue weighted by Gasteiger charge is -2.43. The second kappa shape index (κ2) is 4.47. The molecule has 1 aliphatic heterocycles. The highest BCUT2D eigenvalue weighted by Gasteiger charge is 2.43. The fourth-order valence-electron chi connectivity index (χ4n) is 3.03. The van der Waals surface area contributed by atoms with Crippen LogP contribution >= 0.6 is 0 Å². The summed E-state index contributed by atoms with van der Waals surface area (Å²) in [6.45, 7) is 5.63. The van der Waals surface area contributed by atoms with E-state index < -0.39 is 0 Å². The molecule has 1 aromatic rings. The third-order valence-corrected chi connectivity index (χ3v) is 4.33. The van der Waals surface area contributed by atoms with Crippen molar-refractivity contribution < 1.29 is 4.74 Å². The van der Waals surface area contributed by atoms with E-state index in [0.29, 0.717) is 5.54 Å². The van der Waals surface area contributed by atoms with Crippen molar-refractivity contribution >= 4 is 5.69 Å². The van der Waals surface area contributed by atoms with E-state index in [-0.39, 0.29) is 0 Å². The highest BCUT2D eigenvalue weighted by Crippen LogP contribution is 2.41. The number of nitrogens with one attached hydrogen (secondary N) is 1. The van der Waals surface area contributed by atoms with Crippen molar-refractivity contribution in [2.45, 2.75) is 25.3 Å². The molecule has 0 aromatic heterocycles. The molecule has 1 aromatic carbocycles.